The summed E-state index contributed by atoms with van der Waals surface area (Å²) in [4.78, 5) is 0.252. The highest BCUT2D eigenvalue weighted by Gasteiger charge is 2.12. The largest absolute Gasteiger partial charge is 0.467 e. The van der Waals surface area contributed by atoms with Crippen LogP contribution in [0.4, 0.5) is 0 Å². The first-order valence-corrected chi connectivity index (χ1v) is 8.71. The van der Waals surface area contributed by atoms with E-state index in [1.807, 2.05) is 6.07 Å². The number of hydrogen-bond donors (Lipinski definition) is 1. The van der Waals surface area contributed by atoms with Gasteiger partial charge in [0.15, 0.2) is 0 Å². The van der Waals surface area contributed by atoms with Crippen LogP contribution in [0.15, 0.2) is 56.4 Å². The summed E-state index contributed by atoms with van der Waals surface area (Å²) < 4.78 is 37.8. The Bertz CT molecular complexity index is 638. The number of ether oxygens (including phenoxy) is 1. The third kappa shape index (κ3) is 5.28. The summed E-state index contributed by atoms with van der Waals surface area (Å²) in [6, 6.07) is 10.1. The molecule has 0 saturated heterocycles. The highest BCUT2D eigenvalue weighted by Crippen LogP contribution is 2.14. The summed E-state index contributed by atoms with van der Waals surface area (Å²) in [6.07, 6.45) is 2.18. The predicted molar refractivity (Wildman–Crippen MR) is 82.3 cm³/mol. The van der Waals surface area contributed by atoms with E-state index < -0.39 is 10.0 Å². The van der Waals surface area contributed by atoms with Gasteiger partial charge in [-0.05, 0) is 42.8 Å². The van der Waals surface area contributed by atoms with Gasteiger partial charge in [-0.2, -0.15) is 0 Å². The van der Waals surface area contributed by atoms with Crippen LogP contribution in [0.5, 0.6) is 0 Å². The molecular formula is C14H16BrNO4S. The van der Waals surface area contributed by atoms with Crippen molar-refractivity contribution >= 4 is 26.0 Å². The molecule has 1 heterocycles. The van der Waals surface area contributed by atoms with E-state index in [2.05, 4.69) is 20.7 Å². The van der Waals surface area contributed by atoms with E-state index in [-0.39, 0.29) is 4.90 Å². The molecule has 0 atom stereocenters. The average molecular weight is 374 g/mol. The number of halogens is 1. The standard InChI is InChI=1S/C14H16BrNO4S/c15-12-4-6-14(7-5-12)21(17,18)16-8-2-9-19-11-13-3-1-10-20-13/h1,3-7,10,16H,2,8-9,11H2. The van der Waals surface area contributed by atoms with Gasteiger partial charge in [0, 0.05) is 17.6 Å². The van der Waals surface area contributed by atoms with Crippen LogP contribution in [0.3, 0.4) is 0 Å². The quantitative estimate of drug-likeness (QED) is 0.722. The van der Waals surface area contributed by atoms with Crippen LogP contribution >= 0.6 is 15.9 Å². The fourth-order valence-corrected chi connectivity index (χ4v) is 2.98. The summed E-state index contributed by atoms with van der Waals surface area (Å²) in [5, 5.41) is 0. The fraction of sp³-hybridized carbons (Fsp3) is 0.286. The average Bonchev–Trinajstić information content (AvgIpc) is 2.96. The Morgan fingerprint density at radius 3 is 2.62 bits per heavy atom. The van der Waals surface area contributed by atoms with Gasteiger partial charge in [0.2, 0.25) is 10.0 Å². The fourth-order valence-electron chi connectivity index (χ4n) is 1.65. The van der Waals surface area contributed by atoms with E-state index in [1.165, 1.54) is 0 Å². The van der Waals surface area contributed by atoms with Crippen molar-refractivity contribution in [1.82, 2.24) is 4.72 Å². The van der Waals surface area contributed by atoms with Crippen molar-refractivity contribution in [2.75, 3.05) is 13.2 Å². The van der Waals surface area contributed by atoms with Crippen LogP contribution in [0.2, 0.25) is 0 Å². The maximum absolute atomic E-state index is 12.0. The summed E-state index contributed by atoms with van der Waals surface area (Å²) in [5.74, 6) is 0.755. The second-order valence-corrected chi connectivity index (χ2v) is 7.02. The van der Waals surface area contributed by atoms with Gasteiger partial charge in [-0.25, -0.2) is 13.1 Å². The summed E-state index contributed by atoms with van der Waals surface area (Å²) in [5.41, 5.74) is 0. The van der Waals surface area contributed by atoms with E-state index in [0.29, 0.717) is 26.2 Å². The van der Waals surface area contributed by atoms with Crippen LogP contribution in [-0.2, 0) is 21.4 Å². The third-order valence-electron chi connectivity index (χ3n) is 2.71. The van der Waals surface area contributed by atoms with Gasteiger partial charge in [-0.1, -0.05) is 15.9 Å². The van der Waals surface area contributed by atoms with Gasteiger partial charge < -0.3 is 9.15 Å². The zero-order chi connectivity index (χ0) is 15.1. The van der Waals surface area contributed by atoms with Crippen molar-refractivity contribution in [2.45, 2.75) is 17.9 Å². The molecule has 7 heteroatoms. The van der Waals surface area contributed by atoms with Crippen molar-refractivity contribution in [2.24, 2.45) is 0 Å². The number of rotatable bonds is 8. The van der Waals surface area contributed by atoms with E-state index in [9.17, 15) is 8.42 Å². The lowest BCUT2D eigenvalue weighted by atomic mass is 10.4. The third-order valence-corrected chi connectivity index (χ3v) is 4.71. The minimum absolute atomic E-state index is 0.252. The Balaban J connectivity index is 1.69. The van der Waals surface area contributed by atoms with Gasteiger partial charge in [0.1, 0.15) is 12.4 Å². The van der Waals surface area contributed by atoms with Crippen molar-refractivity contribution in [3.05, 3.63) is 52.9 Å². The Morgan fingerprint density at radius 1 is 1.19 bits per heavy atom. The van der Waals surface area contributed by atoms with Gasteiger partial charge in [-0.3, -0.25) is 0 Å². The molecule has 1 aromatic heterocycles. The predicted octanol–water partition coefficient (Wildman–Crippen LogP) is 2.93. The first-order valence-electron chi connectivity index (χ1n) is 6.43. The zero-order valence-electron chi connectivity index (χ0n) is 11.3. The highest BCUT2D eigenvalue weighted by molar-refractivity contribution is 9.10. The summed E-state index contributed by atoms with van der Waals surface area (Å²) in [7, 11) is -3.45. The molecule has 0 spiro atoms. The molecule has 2 rings (SSSR count). The molecule has 0 aliphatic heterocycles. The molecule has 0 saturated carbocycles. The minimum Gasteiger partial charge on any atom is -0.467 e. The van der Waals surface area contributed by atoms with Crippen molar-refractivity contribution in [3.63, 3.8) is 0 Å². The minimum atomic E-state index is -3.45. The lowest BCUT2D eigenvalue weighted by Crippen LogP contribution is -2.25. The van der Waals surface area contributed by atoms with Crippen LogP contribution in [0.1, 0.15) is 12.2 Å². The molecule has 0 bridgehead atoms. The molecule has 0 aliphatic carbocycles. The smallest absolute Gasteiger partial charge is 0.240 e. The Kier molecular flexibility index (Phi) is 5.98. The monoisotopic (exact) mass is 373 g/mol. The van der Waals surface area contributed by atoms with Crippen LogP contribution in [0, 0.1) is 0 Å². The number of furan rings is 1. The lowest BCUT2D eigenvalue weighted by Gasteiger charge is -2.07. The van der Waals surface area contributed by atoms with Crippen molar-refractivity contribution in [1.29, 1.82) is 0 Å². The molecular weight excluding hydrogens is 358 g/mol. The Morgan fingerprint density at radius 2 is 1.95 bits per heavy atom. The topological polar surface area (TPSA) is 68.5 Å². The molecule has 5 nitrogen and oxygen atoms in total. The Labute approximate surface area is 132 Å². The van der Waals surface area contributed by atoms with Crippen LogP contribution in [0.25, 0.3) is 0 Å². The van der Waals surface area contributed by atoms with E-state index in [1.54, 1.807) is 36.6 Å². The maximum Gasteiger partial charge on any atom is 0.240 e. The van der Waals surface area contributed by atoms with E-state index in [4.69, 9.17) is 9.15 Å². The molecule has 21 heavy (non-hydrogen) atoms. The SMILES string of the molecule is O=S(=O)(NCCCOCc1ccco1)c1ccc(Br)cc1. The van der Waals surface area contributed by atoms with Gasteiger partial charge >= 0.3 is 0 Å². The van der Waals surface area contributed by atoms with Crippen molar-refractivity contribution < 1.29 is 17.6 Å². The molecule has 0 fully saturated rings. The van der Waals surface area contributed by atoms with Crippen LogP contribution in [-0.4, -0.2) is 21.6 Å². The molecule has 1 aromatic carbocycles. The molecule has 0 radical (unpaired) electrons. The molecule has 0 aliphatic rings. The van der Waals surface area contributed by atoms with Gasteiger partial charge in [0.05, 0.1) is 11.2 Å². The van der Waals surface area contributed by atoms with Crippen molar-refractivity contribution in [3.8, 4) is 0 Å². The summed E-state index contributed by atoms with van der Waals surface area (Å²) in [6.45, 7) is 1.19. The second-order valence-electron chi connectivity index (χ2n) is 4.34. The first-order chi connectivity index (χ1) is 10.1. The number of benzene rings is 1. The molecule has 114 valence electrons. The van der Waals surface area contributed by atoms with E-state index >= 15 is 0 Å². The number of nitrogens with one attached hydrogen (secondary N) is 1. The molecule has 2 aromatic rings. The maximum atomic E-state index is 12.0. The summed E-state index contributed by atoms with van der Waals surface area (Å²) >= 11 is 3.27. The van der Waals surface area contributed by atoms with Gasteiger partial charge in [-0.15, -0.1) is 0 Å². The van der Waals surface area contributed by atoms with Crippen LogP contribution < -0.4 is 4.72 Å². The second kappa shape index (κ2) is 7.74. The zero-order valence-corrected chi connectivity index (χ0v) is 13.7. The lowest BCUT2D eigenvalue weighted by molar-refractivity contribution is 0.105. The number of sulfonamides is 1. The molecule has 1 N–H and O–H groups in total. The van der Waals surface area contributed by atoms with E-state index in [0.717, 1.165) is 10.2 Å². The van der Waals surface area contributed by atoms with Gasteiger partial charge in [0.25, 0.3) is 0 Å². The Hall–Kier alpha value is -1.15. The molecule has 0 amide bonds. The number of hydrogen-bond acceptors (Lipinski definition) is 4. The highest BCUT2D eigenvalue weighted by atomic mass is 79.9. The molecule has 0 unspecified atom stereocenters. The first kappa shape index (κ1) is 16.2. The normalized spacial score (nSPS) is 11.7.